The first-order valence-corrected chi connectivity index (χ1v) is 9.28. The van der Waals surface area contributed by atoms with Crippen LogP contribution in [0.15, 0.2) is 52.4 Å². The van der Waals surface area contributed by atoms with Gasteiger partial charge in [0.15, 0.2) is 5.13 Å². The molecule has 3 heterocycles. The SMILES string of the molecule is Br.Cc1nc2ccccn2c1-c1csc(Nc2ccc(Br)cc2Cl)n1. The second kappa shape index (κ2) is 7.45. The Kier molecular flexibility index (Phi) is 5.48. The zero-order chi connectivity index (χ0) is 16.7. The molecule has 4 aromatic rings. The summed E-state index contributed by atoms with van der Waals surface area (Å²) in [6.45, 7) is 2.00. The maximum absolute atomic E-state index is 6.26. The number of halogens is 3. The lowest BCUT2D eigenvalue weighted by atomic mass is 10.3. The maximum atomic E-state index is 6.26. The van der Waals surface area contributed by atoms with Gasteiger partial charge in [0.05, 0.1) is 22.1 Å². The number of aryl methyl sites for hydroxylation is 1. The minimum Gasteiger partial charge on any atom is -0.330 e. The van der Waals surface area contributed by atoms with E-state index in [0.717, 1.165) is 38.0 Å². The Balaban J connectivity index is 0.00000182. The van der Waals surface area contributed by atoms with Crippen molar-refractivity contribution in [3.8, 4) is 11.4 Å². The van der Waals surface area contributed by atoms with E-state index in [4.69, 9.17) is 16.6 Å². The number of anilines is 2. The van der Waals surface area contributed by atoms with Crippen molar-refractivity contribution in [2.75, 3.05) is 5.32 Å². The summed E-state index contributed by atoms with van der Waals surface area (Å²) in [5, 5.41) is 6.74. The molecule has 128 valence electrons. The normalized spacial score (nSPS) is 10.7. The Hall–Kier alpha value is -1.41. The number of nitrogens with zero attached hydrogens (tertiary/aromatic N) is 3. The molecular formula is C17H13Br2ClN4S. The third-order valence-corrected chi connectivity index (χ3v) is 5.19. The van der Waals surface area contributed by atoms with Crippen LogP contribution in [0.3, 0.4) is 0 Å². The molecule has 0 bridgehead atoms. The number of thiazole rings is 1. The molecule has 0 atom stereocenters. The molecule has 0 amide bonds. The lowest BCUT2D eigenvalue weighted by molar-refractivity contribution is 1.17. The minimum atomic E-state index is 0. The zero-order valence-corrected chi connectivity index (χ0v) is 17.9. The van der Waals surface area contributed by atoms with E-state index in [0.29, 0.717) is 5.02 Å². The molecule has 1 N–H and O–H groups in total. The molecule has 0 saturated heterocycles. The van der Waals surface area contributed by atoms with Crippen LogP contribution < -0.4 is 5.32 Å². The van der Waals surface area contributed by atoms with Gasteiger partial charge >= 0.3 is 0 Å². The average molecular weight is 501 g/mol. The van der Waals surface area contributed by atoms with E-state index >= 15 is 0 Å². The van der Waals surface area contributed by atoms with Crippen molar-refractivity contribution in [3.05, 3.63) is 63.2 Å². The van der Waals surface area contributed by atoms with E-state index in [1.807, 2.05) is 54.9 Å². The third-order valence-electron chi connectivity index (χ3n) is 3.62. The summed E-state index contributed by atoms with van der Waals surface area (Å²) in [5.74, 6) is 0. The summed E-state index contributed by atoms with van der Waals surface area (Å²) in [6.07, 6.45) is 2.00. The van der Waals surface area contributed by atoms with Crippen molar-refractivity contribution < 1.29 is 0 Å². The first kappa shape index (κ1) is 18.4. The van der Waals surface area contributed by atoms with Gasteiger partial charge < -0.3 is 5.32 Å². The molecule has 8 heteroatoms. The number of nitrogens with one attached hydrogen (secondary N) is 1. The molecule has 0 aliphatic heterocycles. The standard InChI is InChI=1S/C17H12BrClN4S.BrH/c1-10-16(23-7-3-2-4-15(23)20-10)14-9-24-17(22-14)21-13-6-5-11(18)8-12(13)19;/h2-9H,1H3,(H,21,22);1H. The van der Waals surface area contributed by atoms with Crippen LogP contribution in [0.2, 0.25) is 5.02 Å². The van der Waals surface area contributed by atoms with Gasteiger partial charge in [0.2, 0.25) is 0 Å². The van der Waals surface area contributed by atoms with Gasteiger partial charge in [-0.2, -0.15) is 0 Å². The van der Waals surface area contributed by atoms with Crippen molar-refractivity contribution >= 4 is 72.3 Å². The number of imidazole rings is 1. The first-order valence-electron chi connectivity index (χ1n) is 7.23. The summed E-state index contributed by atoms with van der Waals surface area (Å²) in [7, 11) is 0. The number of fused-ring (bicyclic) bond motifs is 1. The molecular weight excluding hydrogens is 488 g/mol. The van der Waals surface area contributed by atoms with E-state index in [1.54, 1.807) is 0 Å². The zero-order valence-electron chi connectivity index (χ0n) is 13.0. The fraction of sp³-hybridized carbons (Fsp3) is 0.0588. The molecule has 0 aliphatic rings. The second-order valence-electron chi connectivity index (χ2n) is 5.26. The molecule has 4 rings (SSSR count). The molecule has 0 aliphatic carbocycles. The van der Waals surface area contributed by atoms with Crippen LogP contribution in [0.4, 0.5) is 10.8 Å². The highest BCUT2D eigenvalue weighted by molar-refractivity contribution is 9.10. The molecule has 0 radical (unpaired) electrons. The highest BCUT2D eigenvalue weighted by atomic mass is 79.9. The quantitative estimate of drug-likeness (QED) is 0.349. The fourth-order valence-electron chi connectivity index (χ4n) is 2.57. The number of rotatable bonds is 3. The van der Waals surface area contributed by atoms with Crippen molar-refractivity contribution in [3.63, 3.8) is 0 Å². The van der Waals surface area contributed by atoms with Crippen LogP contribution in [0.5, 0.6) is 0 Å². The van der Waals surface area contributed by atoms with E-state index in [1.165, 1.54) is 11.3 Å². The Morgan fingerprint density at radius 3 is 2.84 bits per heavy atom. The molecule has 25 heavy (non-hydrogen) atoms. The predicted octanol–water partition coefficient (Wildman–Crippen LogP) is 6.50. The van der Waals surface area contributed by atoms with Crippen molar-refractivity contribution in [1.29, 1.82) is 0 Å². The van der Waals surface area contributed by atoms with Crippen LogP contribution >= 0.6 is 55.8 Å². The summed E-state index contributed by atoms with van der Waals surface area (Å²) in [4.78, 5) is 9.29. The number of pyridine rings is 1. The third kappa shape index (κ3) is 3.60. The van der Waals surface area contributed by atoms with Gasteiger partial charge in [0.1, 0.15) is 11.3 Å². The van der Waals surface area contributed by atoms with Crippen molar-refractivity contribution in [2.24, 2.45) is 0 Å². The minimum absolute atomic E-state index is 0. The van der Waals surface area contributed by atoms with E-state index < -0.39 is 0 Å². The maximum Gasteiger partial charge on any atom is 0.187 e. The van der Waals surface area contributed by atoms with Gasteiger partial charge in [0.25, 0.3) is 0 Å². The Morgan fingerprint density at radius 1 is 1.20 bits per heavy atom. The summed E-state index contributed by atoms with van der Waals surface area (Å²) < 4.78 is 3.00. The van der Waals surface area contributed by atoms with E-state index in [-0.39, 0.29) is 17.0 Å². The fourth-order valence-corrected chi connectivity index (χ4v) is 4.00. The van der Waals surface area contributed by atoms with Gasteiger partial charge in [-0.15, -0.1) is 28.3 Å². The second-order valence-corrected chi connectivity index (χ2v) is 7.44. The lowest BCUT2D eigenvalue weighted by Gasteiger charge is -2.05. The van der Waals surface area contributed by atoms with Gasteiger partial charge in [0, 0.05) is 16.0 Å². The predicted molar refractivity (Wildman–Crippen MR) is 114 cm³/mol. The van der Waals surface area contributed by atoms with Crippen molar-refractivity contribution in [1.82, 2.24) is 14.4 Å². The number of benzene rings is 1. The molecule has 1 aromatic carbocycles. The van der Waals surface area contributed by atoms with E-state index in [9.17, 15) is 0 Å². The Labute approximate surface area is 172 Å². The van der Waals surface area contributed by atoms with Crippen LogP contribution in [0.1, 0.15) is 5.69 Å². The van der Waals surface area contributed by atoms with Crippen LogP contribution in [0.25, 0.3) is 17.0 Å². The number of hydrogen-bond donors (Lipinski definition) is 1. The molecule has 0 unspecified atom stereocenters. The van der Waals surface area contributed by atoms with Crippen LogP contribution in [-0.4, -0.2) is 14.4 Å². The summed E-state index contributed by atoms with van der Waals surface area (Å²) in [5.41, 5.74) is 4.61. The van der Waals surface area contributed by atoms with Gasteiger partial charge in [-0.25, -0.2) is 9.97 Å². The molecule has 0 fully saturated rings. The monoisotopic (exact) mass is 498 g/mol. The summed E-state index contributed by atoms with van der Waals surface area (Å²) in [6, 6.07) is 11.7. The van der Waals surface area contributed by atoms with E-state index in [2.05, 4.69) is 30.6 Å². The van der Waals surface area contributed by atoms with Gasteiger partial charge in [-0.05, 0) is 37.3 Å². The van der Waals surface area contributed by atoms with Crippen molar-refractivity contribution in [2.45, 2.75) is 6.92 Å². The summed E-state index contributed by atoms with van der Waals surface area (Å²) >= 11 is 11.2. The smallest absolute Gasteiger partial charge is 0.187 e. The first-order chi connectivity index (χ1) is 11.6. The Morgan fingerprint density at radius 2 is 2.04 bits per heavy atom. The lowest BCUT2D eigenvalue weighted by Crippen LogP contribution is -1.92. The Bertz CT molecular complexity index is 1040. The highest BCUT2D eigenvalue weighted by Crippen LogP contribution is 2.32. The van der Waals surface area contributed by atoms with Crippen LogP contribution in [0, 0.1) is 6.92 Å². The van der Waals surface area contributed by atoms with Gasteiger partial charge in [-0.3, -0.25) is 4.40 Å². The molecule has 0 saturated carbocycles. The number of aromatic nitrogens is 3. The molecule has 4 nitrogen and oxygen atoms in total. The topological polar surface area (TPSA) is 42.2 Å². The largest absolute Gasteiger partial charge is 0.330 e. The highest BCUT2D eigenvalue weighted by Gasteiger charge is 2.14. The van der Waals surface area contributed by atoms with Gasteiger partial charge in [-0.1, -0.05) is 33.6 Å². The molecule has 0 spiro atoms. The average Bonchev–Trinajstić information content (AvgIpc) is 3.13. The number of hydrogen-bond acceptors (Lipinski definition) is 4. The molecule has 3 aromatic heterocycles. The van der Waals surface area contributed by atoms with Crippen LogP contribution in [-0.2, 0) is 0 Å².